The van der Waals surface area contributed by atoms with Crippen molar-refractivity contribution in [3.05, 3.63) is 0 Å². The molecule has 1 saturated heterocycles. The molecule has 2 rings (SSSR count). The normalized spacial score (nSPS) is 35.6. The Kier molecular flexibility index (Phi) is 4.87. The van der Waals surface area contributed by atoms with Crippen LogP contribution in [0.3, 0.4) is 0 Å². The van der Waals surface area contributed by atoms with E-state index in [4.69, 9.17) is 4.74 Å². The first-order valence-corrected chi connectivity index (χ1v) is 7.44. The molecule has 0 unspecified atom stereocenters. The fourth-order valence-electron chi connectivity index (χ4n) is 3.56. The van der Waals surface area contributed by atoms with Gasteiger partial charge in [-0.05, 0) is 49.9 Å². The molecule has 0 bridgehead atoms. The first kappa shape index (κ1) is 13.4. The Balaban J connectivity index is 1.68. The number of methoxy groups -OCH3 is 1. The molecule has 0 amide bonds. The van der Waals surface area contributed by atoms with Gasteiger partial charge in [-0.15, -0.1) is 0 Å². The van der Waals surface area contributed by atoms with Crippen molar-refractivity contribution in [2.75, 3.05) is 26.7 Å². The first-order valence-electron chi connectivity index (χ1n) is 7.44. The zero-order valence-corrected chi connectivity index (χ0v) is 11.8. The van der Waals surface area contributed by atoms with E-state index in [0.29, 0.717) is 6.10 Å². The molecule has 2 aliphatic rings. The first-order chi connectivity index (χ1) is 8.19. The van der Waals surface area contributed by atoms with E-state index in [9.17, 15) is 0 Å². The van der Waals surface area contributed by atoms with Crippen molar-refractivity contribution in [3.8, 4) is 0 Å². The molecule has 0 radical (unpaired) electrons. The van der Waals surface area contributed by atoms with Crippen molar-refractivity contribution in [1.82, 2.24) is 4.90 Å². The van der Waals surface area contributed by atoms with Crippen molar-refractivity contribution in [2.45, 2.75) is 52.1 Å². The molecule has 0 N–H and O–H groups in total. The Hall–Kier alpha value is -0.0800. The third kappa shape index (κ3) is 3.69. The predicted molar refractivity (Wildman–Crippen MR) is 72.1 cm³/mol. The van der Waals surface area contributed by atoms with Gasteiger partial charge in [0.15, 0.2) is 0 Å². The third-order valence-electron chi connectivity index (χ3n) is 4.91. The summed E-state index contributed by atoms with van der Waals surface area (Å²) in [5, 5.41) is 0. The molecule has 1 saturated carbocycles. The number of likely N-dealkylation sites (tertiary alicyclic amines) is 1. The number of hydrogen-bond donors (Lipinski definition) is 0. The summed E-state index contributed by atoms with van der Waals surface area (Å²) in [5.74, 6) is 2.85. The Morgan fingerprint density at radius 2 is 1.82 bits per heavy atom. The molecular formula is C15H29NO. The van der Waals surface area contributed by atoms with E-state index in [1.807, 2.05) is 7.11 Å². The van der Waals surface area contributed by atoms with Gasteiger partial charge in [0.05, 0.1) is 6.10 Å². The van der Waals surface area contributed by atoms with E-state index in [1.54, 1.807) is 0 Å². The van der Waals surface area contributed by atoms with Crippen molar-refractivity contribution >= 4 is 0 Å². The minimum absolute atomic E-state index is 0.502. The van der Waals surface area contributed by atoms with E-state index in [-0.39, 0.29) is 0 Å². The maximum absolute atomic E-state index is 5.44. The van der Waals surface area contributed by atoms with Gasteiger partial charge in [-0.2, -0.15) is 0 Å². The van der Waals surface area contributed by atoms with Gasteiger partial charge in [-0.1, -0.05) is 13.8 Å². The van der Waals surface area contributed by atoms with Gasteiger partial charge in [0, 0.05) is 26.7 Å². The van der Waals surface area contributed by atoms with Crippen LogP contribution in [-0.2, 0) is 4.74 Å². The van der Waals surface area contributed by atoms with Crippen LogP contribution in [0.15, 0.2) is 0 Å². The minimum Gasteiger partial charge on any atom is -0.380 e. The molecule has 1 aliphatic carbocycles. The molecule has 2 fully saturated rings. The highest BCUT2D eigenvalue weighted by atomic mass is 16.5. The van der Waals surface area contributed by atoms with Crippen LogP contribution in [0.25, 0.3) is 0 Å². The summed E-state index contributed by atoms with van der Waals surface area (Å²) in [6.07, 6.45) is 7.57. The summed E-state index contributed by atoms with van der Waals surface area (Å²) in [6, 6.07) is 0. The van der Waals surface area contributed by atoms with Crippen LogP contribution in [0.2, 0.25) is 0 Å². The van der Waals surface area contributed by atoms with E-state index in [1.165, 1.54) is 51.7 Å². The van der Waals surface area contributed by atoms with E-state index < -0.39 is 0 Å². The SMILES string of the molecule is CO[C@H]1CCN(CC2CCC(C(C)C)CC2)C1. The summed E-state index contributed by atoms with van der Waals surface area (Å²) in [6.45, 7) is 8.51. The molecule has 1 atom stereocenters. The lowest BCUT2D eigenvalue weighted by molar-refractivity contribution is 0.102. The average molecular weight is 239 g/mol. The monoisotopic (exact) mass is 239 g/mol. The quantitative estimate of drug-likeness (QED) is 0.747. The lowest BCUT2D eigenvalue weighted by Crippen LogP contribution is -2.31. The Morgan fingerprint density at radius 1 is 1.12 bits per heavy atom. The van der Waals surface area contributed by atoms with Gasteiger partial charge in [0.25, 0.3) is 0 Å². The highest BCUT2D eigenvalue weighted by molar-refractivity contribution is 4.81. The van der Waals surface area contributed by atoms with Crippen LogP contribution in [0, 0.1) is 17.8 Å². The number of nitrogens with zero attached hydrogens (tertiary/aromatic N) is 1. The zero-order valence-electron chi connectivity index (χ0n) is 11.8. The molecule has 0 aromatic carbocycles. The van der Waals surface area contributed by atoms with Gasteiger partial charge in [-0.25, -0.2) is 0 Å². The second-order valence-electron chi connectivity index (χ2n) is 6.43. The van der Waals surface area contributed by atoms with Crippen LogP contribution in [0.5, 0.6) is 0 Å². The van der Waals surface area contributed by atoms with Gasteiger partial charge in [0.1, 0.15) is 0 Å². The van der Waals surface area contributed by atoms with Crippen molar-refractivity contribution < 1.29 is 4.74 Å². The predicted octanol–water partition coefficient (Wildman–Crippen LogP) is 3.17. The van der Waals surface area contributed by atoms with E-state index >= 15 is 0 Å². The third-order valence-corrected chi connectivity index (χ3v) is 4.91. The lowest BCUT2D eigenvalue weighted by atomic mass is 9.77. The van der Waals surface area contributed by atoms with Crippen molar-refractivity contribution in [3.63, 3.8) is 0 Å². The molecule has 2 heteroatoms. The molecule has 2 nitrogen and oxygen atoms in total. The number of hydrogen-bond acceptors (Lipinski definition) is 2. The van der Waals surface area contributed by atoms with Gasteiger partial charge >= 0.3 is 0 Å². The second kappa shape index (κ2) is 6.19. The Morgan fingerprint density at radius 3 is 2.35 bits per heavy atom. The molecule has 17 heavy (non-hydrogen) atoms. The largest absolute Gasteiger partial charge is 0.380 e. The van der Waals surface area contributed by atoms with Gasteiger partial charge in [0.2, 0.25) is 0 Å². The Bertz CT molecular complexity index is 221. The molecule has 0 aromatic heterocycles. The maximum atomic E-state index is 5.44. The zero-order chi connectivity index (χ0) is 12.3. The molecular weight excluding hydrogens is 210 g/mol. The fourth-order valence-corrected chi connectivity index (χ4v) is 3.56. The highest BCUT2D eigenvalue weighted by Crippen LogP contribution is 2.34. The fraction of sp³-hybridized carbons (Fsp3) is 1.00. The second-order valence-corrected chi connectivity index (χ2v) is 6.43. The standard InChI is InChI=1S/C15H29NO/c1-12(2)14-6-4-13(5-7-14)10-16-9-8-15(11-16)17-3/h12-15H,4-11H2,1-3H3/t13?,14?,15-/m0/s1. The topological polar surface area (TPSA) is 12.5 Å². The smallest absolute Gasteiger partial charge is 0.0710 e. The summed E-state index contributed by atoms with van der Waals surface area (Å²) >= 11 is 0. The van der Waals surface area contributed by atoms with Gasteiger partial charge < -0.3 is 9.64 Å². The summed E-state index contributed by atoms with van der Waals surface area (Å²) in [7, 11) is 1.85. The molecule has 1 heterocycles. The molecule has 100 valence electrons. The van der Waals surface area contributed by atoms with E-state index in [2.05, 4.69) is 18.7 Å². The van der Waals surface area contributed by atoms with Crippen molar-refractivity contribution in [2.24, 2.45) is 17.8 Å². The van der Waals surface area contributed by atoms with Crippen LogP contribution in [0.4, 0.5) is 0 Å². The lowest BCUT2D eigenvalue weighted by Gasteiger charge is -2.33. The molecule has 1 aliphatic heterocycles. The molecule has 0 aromatic rings. The van der Waals surface area contributed by atoms with Crippen LogP contribution in [0.1, 0.15) is 46.0 Å². The van der Waals surface area contributed by atoms with Crippen LogP contribution < -0.4 is 0 Å². The Labute approximate surface area is 107 Å². The van der Waals surface area contributed by atoms with Crippen LogP contribution in [-0.4, -0.2) is 37.7 Å². The van der Waals surface area contributed by atoms with Crippen molar-refractivity contribution in [1.29, 1.82) is 0 Å². The summed E-state index contributed by atoms with van der Waals surface area (Å²) in [5.41, 5.74) is 0. The maximum Gasteiger partial charge on any atom is 0.0710 e. The number of rotatable bonds is 4. The average Bonchev–Trinajstić information content (AvgIpc) is 2.77. The highest BCUT2D eigenvalue weighted by Gasteiger charge is 2.27. The summed E-state index contributed by atoms with van der Waals surface area (Å²) < 4.78 is 5.44. The summed E-state index contributed by atoms with van der Waals surface area (Å²) in [4.78, 5) is 2.62. The number of ether oxygens (including phenoxy) is 1. The van der Waals surface area contributed by atoms with Crippen LogP contribution >= 0.6 is 0 Å². The van der Waals surface area contributed by atoms with E-state index in [0.717, 1.165) is 17.8 Å². The molecule has 0 spiro atoms. The minimum atomic E-state index is 0.502. The van der Waals surface area contributed by atoms with Gasteiger partial charge in [-0.3, -0.25) is 0 Å².